The Balaban J connectivity index is 1.04. The van der Waals surface area contributed by atoms with E-state index >= 15 is 0 Å². The van der Waals surface area contributed by atoms with Crippen LogP contribution in [0.4, 0.5) is 0 Å². The molecule has 180 valence electrons. The minimum absolute atomic E-state index is 0.363. The van der Waals surface area contributed by atoms with E-state index in [1.54, 1.807) is 0 Å². The largest absolute Gasteiger partial charge is 0.616 e. The van der Waals surface area contributed by atoms with Gasteiger partial charge in [-0.2, -0.15) is 5.10 Å². The van der Waals surface area contributed by atoms with Gasteiger partial charge in [0.05, 0.1) is 24.3 Å². The van der Waals surface area contributed by atoms with Crippen LogP contribution >= 0.6 is 0 Å². The van der Waals surface area contributed by atoms with Crippen molar-refractivity contribution in [2.75, 3.05) is 37.8 Å². The molecule has 7 rings (SSSR count). The van der Waals surface area contributed by atoms with Crippen molar-refractivity contribution in [2.24, 2.45) is 17.3 Å². The molecule has 2 saturated carbocycles. The maximum absolute atomic E-state index is 11.7. The number of allylic oxidation sites excluding steroid dienone is 1. The van der Waals surface area contributed by atoms with E-state index < -0.39 is 11.2 Å². The van der Waals surface area contributed by atoms with Crippen molar-refractivity contribution in [1.29, 1.82) is 0 Å². The van der Waals surface area contributed by atoms with Crippen LogP contribution in [0.1, 0.15) is 75.7 Å². The molecule has 3 aliphatic heterocycles. The Morgan fingerprint density at radius 3 is 2.55 bits per heavy atom. The Kier molecular flexibility index (Phi) is 4.91. The summed E-state index contributed by atoms with van der Waals surface area (Å²) in [6.07, 6.45) is 9.02. The summed E-state index contributed by atoms with van der Waals surface area (Å²) in [6, 6.07) is 3.55. The summed E-state index contributed by atoms with van der Waals surface area (Å²) in [5.41, 5.74) is 4.41. The van der Waals surface area contributed by atoms with Gasteiger partial charge in [0.15, 0.2) is 5.79 Å². The lowest BCUT2D eigenvalue weighted by molar-refractivity contribution is -0.159. The molecule has 3 saturated heterocycles. The van der Waals surface area contributed by atoms with Gasteiger partial charge in [-0.25, -0.2) is 0 Å². The Labute approximate surface area is 200 Å². The van der Waals surface area contributed by atoms with Crippen molar-refractivity contribution < 1.29 is 14.0 Å². The van der Waals surface area contributed by atoms with Crippen LogP contribution in [-0.4, -0.2) is 68.9 Å². The molecule has 0 amide bonds. The van der Waals surface area contributed by atoms with Gasteiger partial charge in [-0.3, -0.25) is 9.58 Å². The van der Waals surface area contributed by atoms with E-state index in [1.807, 2.05) is 0 Å². The minimum Gasteiger partial charge on any atom is -0.616 e. The lowest BCUT2D eigenvalue weighted by atomic mass is 9.91. The number of rotatable bonds is 4. The van der Waals surface area contributed by atoms with Crippen molar-refractivity contribution in [3.05, 3.63) is 23.5 Å². The summed E-state index contributed by atoms with van der Waals surface area (Å²) < 4.78 is 25.8. The highest BCUT2D eigenvalue weighted by atomic mass is 32.2. The molecule has 6 aliphatic rings. The zero-order chi connectivity index (χ0) is 22.4. The van der Waals surface area contributed by atoms with Gasteiger partial charge < -0.3 is 14.0 Å². The zero-order valence-corrected chi connectivity index (χ0v) is 20.8. The third kappa shape index (κ3) is 3.48. The topological polar surface area (TPSA) is 62.6 Å². The number of aromatic nitrogens is 2. The van der Waals surface area contributed by atoms with E-state index in [2.05, 4.69) is 35.6 Å². The van der Waals surface area contributed by atoms with Gasteiger partial charge in [-0.05, 0) is 69.6 Å². The third-order valence-electron chi connectivity index (χ3n) is 9.51. The number of ether oxygens (including phenoxy) is 2. The Bertz CT molecular complexity index is 950. The smallest absolute Gasteiger partial charge is 0.172 e. The molecular formula is C26H37N3O3S. The normalized spacial score (nSPS) is 41.7. The molecule has 7 heteroatoms. The van der Waals surface area contributed by atoms with Crippen LogP contribution in [0.25, 0.3) is 5.57 Å². The molecular weight excluding hydrogens is 434 g/mol. The van der Waals surface area contributed by atoms with Crippen LogP contribution in [-0.2, 0) is 20.6 Å². The lowest BCUT2D eigenvalue weighted by Gasteiger charge is -2.39. The summed E-state index contributed by atoms with van der Waals surface area (Å²) >= 11 is -0.531. The quantitative estimate of drug-likeness (QED) is 0.627. The van der Waals surface area contributed by atoms with Gasteiger partial charge in [0.1, 0.15) is 11.5 Å². The molecule has 0 aromatic carbocycles. The van der Waals surface area contributed by atoms with Crippen LogP contribution in [0.2, 0.25) is 0 Å². The first-order chi connectivity index (χ1) is 15.9. The maximum atomic E-state index is 11.7. The molecule has 5 fully saturated rings. The molecule has 0 N–H and O–H groups in total. The molecule has 2 unspecified atom stereocenters. The van der Waals surface area contributed by atoms with Crippen molar-refractivity contribution in [2.45, 2.75) is 76.2 Å². The fraction of sp³-hybridized carbons (Fsp3) is 0.808. The van der Waals surface area contributed by atoms with Crippen molar-refractivity contribution in [3.8, 4) is 0 Å². The minimum atomic E-state index is -0.531. The zero-order valence-electron chi connectivity index (χ0n) is 20.0. The van der Waals surface area contributed by atoms with Crippen molar-refractivity contribution >= 4 is 16.7 Å². The first-order valence-corrected chi connectivity index (χ1v) is 14.6. The fourth-order valence-electron chi connectivity index (χ4n) is 7.74. The Morgan fingerprint density at radius 1 is 1.15 bits per heavy atom. The molecule has 1 aromatic heterocycles. The molecule has 33 heavy (non-hydrogen) atoms. The van der Waals surface area contributed by atoms with Crippen LogP contribution in [0.3, 0.4) is 0 Å². The molecule has 2 atom stereocenters. The Hall–Kier alpha value is -0.860. The molecule has 3 aliphatic carbocycles. The van der Waals surface area contributed by atoms with Gasteiger partial charge in [0.25, 0.3) is 0 Å². The van der Waals surface area contributed by atoms with E-state index in [4.69, 9.17) is 14.6 Å². The maximum Gasteiger partial charge on any atom is 0.172 e. The van der Waals surface area contributed by atoms with E-state index in [0.717, 1.165) is 61.9 Å². The first kappa shape index (κ1) is 21.4. The van der Waals surface area contributed by atoms with E-state index in [9.17, 15) is 4.55 Å². The van der Waals surface area contributed by atoms with E-state index in [0.29, 0.717) is 17.4 Å². The second-order valence-electron chi connectivity index (χ2n) is 12.0. The van der Waals surface area contributed by atoms with Crippen molar-refractivity contribution in [3.63, 3.8) is 0 Å². The predicted molar refractivity (Wildman–Crippen MR) is 128 cm³/mol. The van der Waals surface area contributed by atoms with Gasteiger partial charge in [-0.1, -0.05) is 17.3 Å². The molecule has 0 bridgehead atoms. The van der Waals surface area contributed by atoms with Crippen LogP contribution < -0.4 is 0 Å². The van der Waals surface area contributed by atoms with Gasteiger partial charge in [-0.15, -0.1) is 0 Å². The Morgan fingerprint density at radius 2 is 1.91 bits per heavy atom. The third-order valence-corrected chi connectivity index (χ3v) is 11.4. The van der Waals surface area contributed by atoms with Gasteiger partial charge >= 0.3 is 0 Å². The molecule has 1 aromatic rings. The lowest BCUT2D eigenvalue weighted by Crippen LogP contribution is -2.50. The summed E-state index contributed by atoms with van der Waals surface area (Å²) in [4.78, 5) is 2.75. The molecule has 0 radical (unpaired) electrons. The predicted octanol–water partition coefficient (Wildman–Crippen LogP) is 3.72. The highest BCUT2D eigenvalue weighted by molar-refractivity contribution is 7.92. The summed E-state index contributed by atoms with van der Waals surface area (Å²) in [5.74, 6) is 3.89. The number of hydrogen-bond acceptors (Lipinski definition) is 5. The average molecular weight is 472 g/mol. The highest BCUT2D eigenvalue weighted by Crippen LogP contribution is 2.64. The molecule has 4 heterocycles. The summed E-state index contributed by atoms with van der Waals surface area (Å²) in [6.45, 7) is 8.39. The van der Waals surface area contributed by atoms with Gasteiger partial charge in [0, 0.05) is 43.1 Å². The standard InChI is InChI=1S/C26H37N3O3S/c1-17(2)29-23(13-22(27-29)18-3-5-26(6-4-18)31-9-10-32-26)24-20-11-19(12-21(20)24)28-8-7-25(14-28)15-33(30)16-25/h3,13,17,19-21,24H,4-12,14-16H2,1-2H3. The number of fused-ring (bicyclic) bond motifs is 1. The first-order valence-electron chi connectivity index (χ1n) is 13.1. The van der Waals surface area contributed by atoms with Gasteiger partial charge in [0.2, 0.25) is 0 Å². The molecule has 2 spiro atoms. The summed E-state index contributed by atoms with van der Waals surface area (Å²) in [7, 11) is 0. The second kappa shape index (κ2) is 7.57. The average Bonchev–Trinajstić information content (AvgIpc) is 3.36. The number of nitrogens with zero attached hydrogens (tertiary/aromatic N) is 3. The van der Waals surface area contributed by atoms with Crippen LogP contribution in [0.5, 0.6) is 0 Å². The van der Waals surface area contributed by atoms with Crippen molar-refractivity contribution in [1.82, 2.24) is 14.7 Å². The fourth-order valence-corrected chi connectivity index (χ4v) is 9.49. The monoisotopic (exact) mass is 471 g/mol. The highest BCUT2D eigenvalue weighted by Gasteiger charge is 2.61. The summed E-state index contributed by atoms with van der Waals surface area (Å²) in [5, 5.41) is 5.11. The van der Waals surface area contributed by atoms with Crippen LogP contribution in [0, 0.1) is 17.3 Å². The molecule has 6 nitrogen and oxygen atoms in total. The van der Waals surface area contributed by atoms with E-state index in [-0.39, 0.29) is 5.79 Å². The SMILES string of the molecule is CC(C)n1nc(C2=CCC3(CC2)OCCO3)cc1C1C2CC(N3CCC4(C3)C[S+]([O-])C4)CC21. The second-order valence-corrected chi connectivity index (χ2v) is 13.4. The van der Waals surface area contributed by atoms with E-state index in [1.165, 1.54) is 49.3 Å². The van der Waals surface area contributed by atoms with Crippen LogP contribution in [0.15, 0.2) is 12.1 Å². The number of likely N-dealkylation sites (tertiary alicyclic amines) is 1. The number of hydrogen-bond donors (Lipinski definition) is 0.